The number of nitrogens with zero attached hydrogens (tertiary/aromatic N) is 3. The second-order valence-corrected chi connectivity index (χ2v) is 3.89. The molecule has 88 valence electrons. The van der Waals surface area contributed by atoms with Gasteiger partial charge in [0.1, 0.15) is 11.3 Å². The minimum Gasteiger partial charge on any atom is -0.476 e. The van der Waals surface area contributed by atoms with Gasteiger partial charge >= 0.3 is 5.97 Å². The van der Waals surface area contributed by atoms with Gasteiger partial charge < -0.3 is 10.4 Å². The molecule has 0 aliphatic carbocycles. The molecule has 2 rings (SSSR count). The summed E-state index contributed by atoms with van der Waals surface area (Å²) in [5.41, 5.74) is -0.0288. The van der Waals surface area contributed by atoms with Crippen molar-refractivity contribution < 1.29 is 14.7 Å². The van der Waals surface area contributed by atoms with Gasteiger partial charge in [0, 0.05) is 5.38 Å². The first-order chi connectivity index (χ1) is 8.16. The summed E-state index contributed by atoms with van der Waals surface area (Å²) in [6, 6.07) is 0. The van der Waals surface area contributed by atoms with Crippen molar-refractivity contribution in [3.8, 4) is 0 Å². The molecule has 0 aliphatic rings. The molecule has 0 bridgehead atoms. The molecule has 2 heterocycles. The zero-order valence-electron chi connectivity index (χ0n) is 8.38. The van der Waals surface area contributed by atoms with E-state index < -0.39 is 11.9 Å². The van der Waals surface area contributed by atoms with E-state index in [4.69, 9.17) is 5.11 Å². The fourth-order valence-electron chi connectivity index (χ4n) is 1.04. The van der Waals surface area contributed by atoms with Crippen LogP contribution < -0.4 is 5.32 Å². The second kappa shape index (κ2) is 4.70. The standard InChI is InChI=1S/C8H7N5O3S/c14-7(6-10-3-11-13-6)9-1-5-12-4(2-17-5)8(15)16/h2-3H,1H2,(H,9,14)(H,15,16)(H,10,11,13). The highest BCUT2D eigenvalue weighted by atomic mass is 32.1. The molecule has 0 aromatic carbocycles. The number of aromatic amines is 1. The molecule has 0 spiro atoms. The van der Waals surface area contributed by atoms with Crippen LogP contribution in [-0.4, -0.2) is 37.1 Å². The van der Waals surface area contributed by atoms with Gasteiger partial charge in [-0.05, 0) is 0 Å². The Hall–Kier alpha value is -2.29. The van der Waals surface area contributed by atoms with Crippen LogP contribution in [0.2, 0.25) is 0 Å². The molecule has 2 aromatic heterocycles. The summed E-state index contributed by atoms with van der Waals surface area (Å²) in [6.45, 7) is 0.150. The van der Waals surface area contributed by atoms with E-state index in [1.807, 2.05) is 0 Å². The average molecular weight is 253 g/mol. The minimum absolute atomic E-state index is 0.0288. The van der Waals surface area contributed by atoms with Crippen LogP contribution in [0.3, 0.4) is 0 Å². The summed E-state index contributed by atoms with van der Waals surface area (Å²) in [7, 11) is 0. The van der Waals surface area contributed by atoms with Crippen molar-refractivity contribution in [1.29, 1.82) is 0 Å². The summed E-state index contributed by atoms with van der Waals surface area (Å²) in [6.07, 6.45) is 1.22. The number of thiazole rings is 1. The number of carboxylic acid groups (broad SMARTS) is 1. The Morgan fingerprint density at radius 2 is 2.35 bits per heavy atom. The lowest BCUT2D eigenvalue weighted by Crippen LogP contribution is -2.24. The van der Waals surface area contributed by atoms with Crippen molar-refractivity contribution in [2.24, 2.45) is 0 Å². The van der Waals surface area contributed by atoms with E-state index in [0.717, 1.165) is 11.3 Å². The molecule has 0 saturated heterocycles. The van der Waals surface area contributed by atoms with Crippen molar-refractivity contribution in [1.82, 2.24) is 25.5 Å². The Morgan fingerprint density at radius 1 is 1.53 bits per heavy atom. The van der Waals surface area contributed by atoms with E-state index in [2.05, 4.69) is 25.5 Å². The number of H-pyrrole nitrogens is 1. The normalized spacial score (nSPS) is 10.1. The zero-order chi connectivity index (χ0) is 12.3. The quantitative estimate of drug-likeness (QED) is 0.699. The molecule has 8 nitrogen and oxygen atoms in total. The summed E-state index contributed by atoms with van der Waals surface area (Å²) in [4.78, 5) is 29.5. The topological polar surface area (TPSA) is 121 Å². The first kappa shape index (κ1) is 11.2. The van der Waals surface area contributed by atoms with E-state index >= 15 is 0 Å². The van der Waals surface area contributed by atoms with Gasteiger partial charge in [0.25, 0.3) is 5.91 Å². The molecule has 3 N–H and O–H groups in total. The lowest BCUT2D eigenvalue weighted by Gasteiger charge is -1.98. The SMILES string of the molecule is O=C(O)c1csc(CNC(=O)c2ncn[nH]2)n1. The molecule has 0 unspecified atom stereocenters. The molecular formula is C8H7N5O3S. The molecule has 17 heavy (non-hydrogen) atoms. The maximum atomic E-state index is 11.4. The van der Waals surface area contributed by atoms with Gasteiger partial charge in [-0.25, -0.2) is 14.8 Å². The first-order valence-corrected chi connectivity index (χ1v) is 5.36. The van der Waals surface area contributed by atoms with Gasteiger partial charge in [-0.15, -0.1) is 11.3 Å². The van der Waals surface area contributed by atoms with Gasteiger partial charge in [0.05, 0.1) is 6.54 Å². The number of carbonyl (C=O) groups is 2. The van der Waals surface area contributed by atoms with Crippen LogP contribution in [-0.2, 0) is 6.54 Å². The Bertz CT molecular complexity index is 535. The largest absolute Gasteiger partial charge is 0.476 e. The molecule has 2 aromatic rings. The van der Waals surface area contributed by atoms with E-state index in [-0.39, 0.29) is 18.1 Å². The molecule has 1 amide bonds. The smallest absolute Gasteiger partial charge is 0.355 e. The van der Waals surface area contributed by atoms with Crippen LogP contribution >= 0.6 is 11.3 Å². The Labute approximate surface area is 98.7 Å². The second-order valence-electron chi connectivity index (χ2n) is 2.95. The Kier molecular flexibility index (Phi) is 3.10. The van der Waals surface area contributed by atoms with Gasteiger partial charge in [0.2, 0.25) is 5.82 Å². The Balaban J connectivity index is 1.93. The fourth-order valence-corrected chi connectivity index (χ4v) is 1.75. The van der Waals surface area contributed by atoms with Crippen molar-refractivity contribution in [2.45, 2.75) is 6.54 Å². The number of nitrogens with one attached hydrogen (secondary N) is 2. The maximum absolute atomic E-state index is 11.4. The molecule has 0 radical (unpaired) electrons. The van der Waals surface area contributed by atoms with Crippen molar-refractivity contribution in [3.05, 3.63) is 28.2 Å². The van der Waals surface area contributed by atoms with Crippen LogP contribution in [0.5, 0.6) is 0 Å². The highest BCUT2D eigenvalue weighted by molar-refractivity contribution is 7.09. The third-order valence-electron chi connectivity index (χ3n) is 1.80. The van der Waals surface area contributed by atoms with Crippen LogP contribution in [0, 0.1) is 0 Å². The van der Waals surface area contributed by atoms with Gasteiger partial charge in [0.15, 0.2) is 5.69 Å². The number of carboxylic acids is 1. The van der Waals surface area contributed by atoms with Crippen LogP contribution in [0.25, 0.3) is 0 Å². The highest BCUT2D eigenvalue weighted by Gasteiger charge is 2.11. The number of hydrogen-bond acceptors (Lipinski definition) is 6. The average Bonchev–Trinajstić information content (AvgIpc) is 2.97. The molecular weight excluding hydrogens is 246 g/mol. The lowest BCUT2D eigenvalue weighted by atomic mass is 10.5. The monoisotopic (exact) mass is 253 g/mol. The van der Waals surface area contributed by atoms with Crippen LogP contribution in [0.15, 0.2) is 11.7 Å². The zero-order valence-corrected chi connectivity index (χ0v) is 9.19. The fraction of sp³-hybridized carbons (Fsp3) is 0.125. The van der Waals surface area contributed by atoms with Crippen LogP contribution in [0.1, 0.15) is 26.1 Å². The molecule has 0 aliphatic heterocycles. The summed E-state index contributed by atoms with van der Waals surface area (Å²) in [5, 5.41) is 19.1. The van der Waals surface area contributed by atoms with Crippen molar-refractivity contribution in [2.75, 3.05) is 0 Å². The van der Waals surface area contributed by atoms with E-state index in [1.165, 1.54) is 11.7 Å². The highest BCUT2D eigenvalue weighted by Crippen LogP contribution is 2.09. The van der Waals surface area contributed by atoms with Crippen molar-refractivity contribution in [3.63, 3.8) is 0 Å². The van der Waals surface area contributed by atoms with Crippen molar-refractivity contribution >= 4 is 23.2 Å². The predicted molar refractivity (Wildman–Crippen MR) is 56.6 cm³/mol. The Morgan fingerprint density at radius 3 is 2.94 bits per heavy atom. The summed E-state index contributed by atoms with van der Waals surface area (Å²) >= 11 is 1.16. The molecule has 9 heteroatoms. The predicted octanol–water partition coefficient (Wildman–Crippen LogP) is -0.111. The minimum atomic E-state index is -1.09. The van der Waals surface area contributed by atoms with Gasteiger partial charge in [-0.3, -0.25) is 9.89 Å². The lowest BCUT2D eigenvalue weighted by molar-refractivity contribution is 0.0691. The molecule has 0 fully saturated rings. The first-order valence-electron chi connectivity index (χ1n) is 4.48. The van der Waals surface area contributed by atoms with E-state index in [1.54, 1.807) is 0 Å². The van der Waals surface area contributed by atoms with Gasteiger partial charge in [-0.1, -0.05) is 0 Å². The maximum Gasteiger partial charge on any atom is 0.355 e. The molecule has 0 saturated carbocycles. The van der Waals surface area contributed by atoms with E-state index in [0.29, 0.717) is 5.01 Å². The number of aromatic nitrogens is 4. The number of carbonyl (C=O) groups excluding carboxylic acids is 1. The number of aromatic carboxylic acids is 1. The third kappa shape index (κ3) is 2.64. The number of hydrogen-bond donors (Lipinski definition) is 3. The third-order valence-corrected chi connectivity index (χ3v) is 2.65. The number of amides is 1. The van der Waals surface area contributed by atoms with E-state index in [9.17, 15) is 9.59 Å². The van der Waals surface area contributed by atoms with Gasteiger partial charge in [-0.2, -0.15) is 5.10 Å². The summed E-state index contributed by atoms with van der Waals surface area (Å²) < 4.78 is 0. The number of rotatable bonds is 4. The molecule has 0 atom stereocenters. The van der Waals surface area contributed by atoms with Crippen LogP contribution in [0.4, 0.5) is 0 Å². The summed E-state index contributed by atoms with van der Waals surface area (Å²) in [5.74, 6) is -1.41.